The van der Waals surface area contributed by atoms with Crippen molar-refractivity contribution in [3.8, 4) is 66.8 Å². The van der Waals surface area contributed by atoms with Crippen molar-refractivity contribution in [2.24, 2.45) is 0 Å². The maximum absolute atomic E-state index is 2.56. The number of nitrogens with zero attached hydrogens (tertiary/aromatic N) is 2. The molecule has 0 radical (unpaired) electrons. The number of benzene rings is 17. The van der Waals surface area contributed by atoms with Gasteiger partial charge in [-0.3, -0.25) is 0 Å². The molecule has 104 heavy (non-hydrogen) atoms. The average molecular weight is 1350 g/mol. The van der Waals surface area contributed by atoms with Crippen LogP contribution in [0.2, 0.25) is 0 Å². The Hall–Kier alpha value is -12.7. The monoisotopic (exact) mass is 1350 g/mol. The zero-order valence-electron chi connectivity index (χ0n) is 56.4. The fourth-order valence-electron chi connectivity index (χ4n) is 19.0. The molecule has 1 atom stereocenters. The van der Waals surface area contributed by atoms with Crippen LogP contribution in [-0.4, -0.2) is 0 Å². The van der Waals surface area contributed by atoms with Crippen LogP contribution in [0.25, 0.3) is 130 Å². The van der Waals surface area contributed by atoms with Crippen LogP contribution >= 0.6 is 22.7 Å². The first kappa shape index (κ1) is 58.0. The van der Waals surface area contributed by atoms with Crippen molar-refractivity contribution in [1.29, 1.82) is 0 Å². The van der Waals surface area contributed by atoms with Crippen molar-refractivity contribution in [2.75, 3.05) is 9.80 Å². The van der Waals surface area contributed by atoms with Gasteiger partial charge in [-0.05, 0) is 200 Å². The zero-order chi connectivity index (χ0) is 67.9. The van der Waals surface area contributed by atoms with Gasteiger partial charge in [0.25, 0.3) is 0 Å². The molecular weight excluding hydrogens is 1290 g/mol. The molecular formula is C100H60N2S2. The third-order valence-electron chi connectivity index (χ3n) is 23.4. The smallest absolute Gasteiger partial charge is 0.0820 e. The maximum Gasteiger partial charge on any atom is 0.0820 e. The number of fused-ring (bicyclic) bond motifs is 29. The Kier molecular flexibility index (Phi) is 12.2. The SMILES string of the molecule is c1ccc(-c2ccccc2N(c2ccc3c(c2)C2(c4ccccc4-3)c3ccccc3-c3c2sc2cc(-c4ccc5cc(N(c6ccc7c(c6)-c6c(sc8ccccc68)C76c7ccccc7-c7ccccc76)c6ccc7ccccc7c6)ccc5c4)ccc32)c2cc3ccccc3c3ccccc23)cc1. The molecule has 0 aliphatic heterocycles. The lowest BCUT2D eigenvalue weighted by atomic mass is 9.74. The molecule has 2 heterocycles. The largest absolute Gasteiger partial charge is 0.310 e. The van der Waals surface area contributed by atoms with E-state index in [0.717, 1.165) is 34.1 Å². The highest BCUT2D eigenvalue weighted by atomic mass is 32.1. The summed E-state index contributed by atoms with van der Waals surface area (Å²) in [7, 11) is 0. The van der Waals surface area contributed by atoms with Gasteiger partial charge in [0.2, 0.25) is 0 Å². The minimum absolute atomic E-state index is 0.425. The molecule has 0 N–H and O–H groups in total. The summed E-state index contributed by atoms with van der Waals surface area (Å²) in [6, 6.07) is 138. The summed E-state index contributed by atoms with van der Waals surface area (Å²) in [5.74, 6) is 0. The van der Waals surface area contributed by atoms with Crippen LogP contribution in [0.1, 0.15) is 43.1 Å². The van der Waals surface area contributed by atoms with Gasteiger partial charge in [-0.15, -0.1) is 22.7 Å². The topological polar surface area (TPSA) is 6.48 Å². The highest BCUT2D eigenvalue weighted by Crippen LogP contribution is 2.69. The number of hydrogen-bond acceptors (Lipinski definition) is 4. The molecule has 2 spiro atoms. The number of para-hydroxylation sites is 1. The normalized spacial score (nSPS) is 14.5. The van der Waals surface area contributed by atoms with Crippen molar-refractivity contribution >= 4 is 120 Å². The van der Waals surface area contributed by atoms with Crippen molar-refractivity contribution in [3.05, 3.63) is 407 Å². The molecule has 2 aromatic heterocycles. The fourth-order valence-corrected chi connectivity index (χ4v) is 22.0. The molecule has 17 aromatic carbocycles. The fraction of sp³-hybridized carbons (Fsp3) is 0.0200. The third-order valence-corrected chi connectivity index (χ3v) is 25.9. The molecule has 0 saturated carbocycles. The molecule has 0 saturated heterocycles. The molecule has 482 valence electrons. The number of rotatable bonds is 8. The molecule has 23 rings (SSSR count). The highest BCUT2D eigenvalue weighted by Gasteiger charge is 2.55. The first-order chi connectivity index (χ1) is 51.6. The van der Waals surface area contributed by atoms with Crippen molar-refractivity contribution in [1.82, 2.24) is 0 Å². The van der Waals surface area contributed by atoms with Crippen LogP contribution in [-0.2, 0) is 10.8 Å². The predicted octanol–water partition coefficient (Wildman–Crippen LogP) is 27.7. The van der Waals surface area contributed by atoms with Crippen LogP contribution in [0.4, 0.5) is 34.1 Å². The van der Waals surface area contributed by atoms with E-state index in [2.05, 4.69) is 374 Å². The Labute approximate surface area is 610 Å². The van der Waals surface area contributed by atoms with Crippen molar-refractivity contribution in [2.45, 2.75) is 10.8 Å². The Morgan fingerprint density at radius 2 is 0.654 bits per heavy atom. The van der Waals surface area contributed by atoms with Crippen LogP contribution in [0, 0.1) is 0 Å². The number of hydrogen-bond donors (Lipinski definition) is 0. The van der Waals surface area contributed by atoms with Gasteiger partial charge in [-0.25, -0.2) is 0 Å². The summed E-state index contributed by atoms with van der Waals surface area (Å²) >= 11 is 3.94. The molecule has 1 unspecified atom stereocenters. The lowest BCUT2D eigenvalue weighted by molar-refractivity contribution is 0.811. The van der Waals surface area contributed by atoms with Crippen LogP contribution in [0.3, 0.4) is 0 Å². The average Bonchev–Trinajstić information content (AvgIpc) is 1.50. The van der Waals surface area contributed by atoms with E-state index in [0.29, 0.717) is 0 Å². The summed E-state index contributed by atoms with van der Waals surface area (Å²) in [5, 5.41) is 12.3. The molecule has 0 fully saturated rings. The summed E-state index contributed by atoms with van der Waals surface area (Å²) in [6.45, 7) is 0. The number of thiophene rings is 2. The first-order valence-electron chi connectivity index (χ1n) is 36.0. The van der Waals surface area contributed by atoms with E-state index in [1.807, 2.05) is 22.7 Å². The first-order valence-corrected chi connectivity index (χ1v) is 37.7. The summed E-state index contributed by atoms with van der Waals surface area (Å²) in [5.41, 5.74) is 29.1. The van der Waals surface area contributed by atoms with E-state index in [1.165, 1.54) is 173 Å². The molecule has 0 amide bonds. The second-order valence-corrected chi connectivity index (χ2v) is 30.6. The van der Waals surface area contributed by atoms with Crippen LogP contribution in [0.15, 0.2) is 364 Å². The van der Waals surface area contributed by atoms with Gasteiger partial charge in [0, 0.05) is 74.8 Å². The summed E-state index contributed by atoms with van der Waals surface area (Å²) < 4.78 is 2.61. The predicted molar refractivity (Wildman–Crippen MR) is 440 cm³/mol. The Morgan fingerprint density at radius 1 is 0.202 bits per heavy atom. The standard InChI is InChI=1S/C100H60N2S2/c1-2-23-62(24-3-1)74-28-14-20-40-91(74)102(92-57-68-26-6-7-27-73(68)75-29-8-9-33-80(75)92)72-49-52-79-78-32-12-18-38-87(78)100(90(79)60-72)88-39-19-13-34-81(88)95-83-51-46-67(58-94(83)104-97(95)100)64-42-43-66-56-70(48-45-65(66)54-64)101(69-47-44-61-22-4-5-25-63(61)55-69)71-50-53-89-84(59-71)96-82-35-15-21-41-93(82)103-98(96)99(89)85-36-16-10-30-76(85)77-31-11-17-37-86(77)99/h1-60H. The highest BCUT2D eigenvalue weighted by molar-refractivity contribution is 7.20. The Balaban J connectivity index is 0.663. The van der Waals surface area contributed by atoms with Gasteiger partial charge in [-0.1, -0.05) is 285 Å². The van der Waals surface area contributed by atoms with Crippen molar-refractivity contribution in [3.63, 3.8) is 0 Å². The van der Waals surface area contributed by atoms with E-state index < -0.39 is 10.8 Å². The summed E-state index contributed by atoms with van der Waals surface area (Å²) in [6.07, 6.45) is 0. The second kappa shape index (κ2) is 21.9. The van der Waals surface area contributed by atoms with Gasteiger partial charge >= 0.3 is 0 Å². The van der Waals surface area contributed by atoms with Crippen molar-refractivity contribution < 1.29 is 0 Å². The van der Waals surface area contributed by atoms with Crippen LogP contribution in [0.5, 0.6) is 0 Å². The van der Waals surface area contributed by atoms with Gasteiger partial charge < -0.3 is 9.80 Å². The zero-order valence-corrected chi connectivity index (χ0v) is 58.0. The lowest BCUT2D eigenvalue weighted by Crippen LogP contribution is -2.25. The molecule has 2 nitrogen and oxygen atoms in total. The van der Waals surface area contributed by atoms with Gasteiger partial charge in [0.1, 0.15) is 0 Å². The Bertz CT molecular complexity index is 6860. The second-order valence-electron chi connectivity index (χ2n) is 28.5. The molecule has 4 heteroatoms. The molecule has 0 bridgehead atoms. The van der Waals surface area contributed by atoms with E-state index in [-0.39, 0.29) is 0 Å². The third kappa shape index (κ3) is 7.93. The minimum Gasteiger partial charge on any atom is -0.310 e. The minimum atomic E-state index is -0.577. The van der Waals surface area contributed by atoms with Gasteiger partial charge in [-0.2, -0.15) is 0 Å². The van der Waals surface area contributed by atoms with Crippen LogP contribution < -0.4 is 9.80 Å². The quantitative estimate of drug-likeness (QED) is 0.140. The lowest BCUT2D eigenvalue weighted by Gasteiger charge is -2.32. The van der Waals surface area contributed by atoms with E-state index in [9.17, 15) is 0 Å². The maximum atomic E-state index is 2.56. The van der Waals surface area contributed by atoms with E-state index in [1.54, 1.807) is 0 Å². The van der Waals surface area contributed by atoms with Gasteiger partial charge in [0.05, 0.1) is 22.2 Å². The van der Waals surface area contributed by atoms with E-state index in [4.69, 9.17) is 0 Å². The van der Waals surface area contributed by atoms with E-state index >= 15 is 0 Å². The van der Waals surface area contributed by atoms with Gasteiger partial charge in [0.15, 0.2) is 0 Å². The molecule has 4 aliphatic carbocycles. The number of anilines is 6. The summed E-state index contributed by atoms with van der Waals surface area (Å²) in [4.78, 5) is 7.83. The molecule has 4 aliphatic rings. The molecule has 19 aromatic rings. The Morgan fingerprint density at radius 3 is 1.39 bits per heavy atom.